The van der Waals surface area contributed by atoms with Crippen molar-refractivity contribution in [3.63, 3.8) is 0 Å². The Morgan fingerprint density at radius 1 is 1.50 bits per heavy atom. The Kier molecular flexibility index (Phi) is 7.09. The molecule has 1 unspecified atom stereocenters. The molecule has 0 fully saturated rings. The van der Waals surface area contributed by atoms with Gasteiger partial charge in [0.1, 0.15) is 29.1 Å². The van der Waals surface area contributed by atoms with Crippen molar-refractivity contribution in [1.82, 2.24) is 0 Å². The van der Waals surface area contributed by atoms with Crippen LogP contribution in [0.4, 0.5) is 4.39 Å². The van der Waals surface area contributed by atoms with Gasteiger partial charge in [0.15, 0.2) is 0 Å². The van der Waals surface area contributed by atoms with E-state index in [4.69, 9.17) is 27.9 Å². The zero-order chi connectivity index (χ0) is 11.1. The Bertz CT molecular complexity index is 239. The second kappa shape index (κ2) is 7.17. The summed E-state index contributed by atoms with van der Waals surface area (Å²) in [6, 6.07) is 0. The minimum Gasteiger partial charge on any atom is -0.359 e. The first-order valence-corrected chi connectivity index (χ1v) is 4.60. The topological polar surface area (TPSA) is 30.8 Å². The van der Waals surface area contributed by atoms with Crippen LogP contribution in [0.15, 0.2) is 15.9 Å². The normalized spacial score (nSPS) is 16.6. The second-order valence-electron chi connectivity index (χ2n) is 2.44. The smallest absolute Gasteiger partial charge is 0.150 e. The first-order chi connectivity index (χ1) is 6.49. The summed E-state index contributed by atoms with van der Waals surface area (Å²) >= 11 is 11.1. The zero-order valence-electron chi connectivity index (χ0n) is 8.18. The summed E-state index contributed by atoms with van der Waals surface area (Å²) in [6.07, 6.45) is -0.532. The van der Waals surface area contributed by atoms with Crippen LogP contribution in [0, 0.1) is 0 Å². The fourth-order valence-corrected chi connectivity index (χ4v) is 0.879. The fourth-order valence-electron chi connectivity index (χ4n) is 0.562. The van der Waals surface area contributed by atoms with Gasteiger partial charge in [0.05, 0.1) is 0 Å². The minimum atomic E-state index is -0.584. The van der Waals surface area contributed by atoms with Crippen LogP contribution in [0.3, 0.4) is 0 Å². The molecule has 0 amide bonds. The van der Waals surface area contributed by atoms with E-state index >= 15 is 0 Å². The highest BCUT2D eigenvalue weighted by atomic mass is 35.5. The van der Waals surface area contributed by atoms with E-state index in [9.17, 15) is 4.39 Å². The quantitative estimate of drug-likeness (QED) is 0.549. The molecular formula is C8H12Cl2FNO2. The minimum absolute atomic E-state index is 0.0881. The van der Waals surface area contributed by atoms with E-state index in [-0.39, 0.29) is 17.0 Å². The molecule has 0 aromatic carbocycles. The van der Waals surface area contributed by atoms with Crippen molar-refractivity contribution in [3.8, 4) is 0 Å². The molecule has 6 heteroatoms. The van der Waals surface area contributed by atoms with Crippen molar-refractivity contribution in [3.05, 3.63) is 10.9 Å². The maximum Gasteiger partial charge on any atom is 0.150 e. The summed E-state index contributed by atoms with van der Waals surface area (Å²) in [4.78, 5) is 3.79. The van der Waals surface area contributed by atoms with Gasteiger partial charge < -0.3 is 9.47 Å². The molecule has 82 valence electrons. The van der Waals surface area contributed by atoms with E-state index in [1.807, 2.05) is 0 Å². The van der Waals surface area contributed by atoms with Crippen LogP contribution in [-0.2, 0) is 9.47 Å². The summed E-state index contributed by atoms with van der Waals surface area (Å²) < 4.78 is 22.2. The van der Waals surface area contributed by atoms with Crippen molar-refractivity contribution >= 4 is 28.4 Å². The molecule has 1 atom stereocenters. The molecule has 0 aromatic rings. The third-order valence-electron chi connectivity index (χ3n) is 1.21. The van der Waals surface area contributed by atoms with E-state index < -0.39 is 12.1 Å². The summed E-state index contributed by atoms with van der Waals surface area (Å²) in [7, 11) is 1.48. The van der Waals surface area contributed by atoms with Crippen LogP contribution in [0.25, 0.3) is 0 Å². The summed E-state index contributed by atoms with van der Waals surface area (Å²) in [5.74, 6) is -0.584. The van der Waals surface area contributed by atoms with Gasteiger partial charge in [-0.3, -0.25) is 0 Å². The predicted octanol–water partition coefficient (Wildman–Crippen LogP) is 3.03. The van der Waals surface area contributed by atoms with Gasteiger partial charge in [-0.2, -0.15) is 0 Å². The van der Waals surface area contributed by atoms with E-state index in [1.165, 1.54) is 14.0 Å². The predicted molar refractivity (Wildman–Crippen MR) is 55.4 cm³/mol. The number of rotatable bonds is 5. The molecule has 3 nitrogen and oxygen atoms in total. The molecule has 0 aromatic heterocycles. The average Bonchev–Trinajstić information content (AvgIpc) is 2.13. The number of allylic oxidation sites excluding steroid dienone is 2. The Morgan fingerprint density at radius 2 is 2.07 bits per heavy atom. The van der Waals surface area contributed by atoms with Gasteiger partial charge in [0.25, 0.3) is 0 Å². The Morgan fingerprint density at radius 3 is 2.50 bits per heavy atom. The highest BCUT2D eigenvalue weighted by Crippen LogP contribution is 2.16. The lowest BCUT2D eigenvalue weighted by molar-refractivity contribution is -0.0617. The molecule has 0 spiro atoms. The maximum absolute atomic E-state index is 12.6. The molecule has 0 saturated heterocycles. The lowest BCUT2D eigenvalue weighted by atomic mass is 10.5. The summed E-state index contributed by atoms with van der Waals surface area (Å²) in [6.45, 7) is 2.92. The SMILES string of the molecule is COCOC(C)/N=C(Cl)\C(Cl)=C(/C)F. The van der Waals surface area contributed by atoms with Gasteiger partial charge >= 0.3 is 0 Å². The van der Waals surface area contributed by atoms with Gasteiger partial charge in [-0.05, 0) is 13.8 Å². The number of aliphatic imine (C=N–C) groups is 1. The van der Waals surface area contributed by atoms with E-state index in [2.05, 4.69) is 9.73 Å². The Labute approximate surface area is 92.5 Å². The van der Waals surface area contributed by atoms with Crippen LogP contribution in [0.1, 0.15) is 13.8 Å². The first-order valence-electron chi connectivity index (χ1n) is 3.85. The van der Waals surface area contributed by atoms with Gasteiger partial charge in [0, 0.05) is 7.11 Å². The third-order valence-corrected chi connectivity index (χ3v) is 2.03. The Hall–Kier alpha value is -0.160. The van der Waals surface area contributed by atoms with Crippen molar-refractivity contribution in [2.24, 2.45) is 4.99 Å². The first kappa shape index (κ1) is 13.8. The third kappa shape index (κ3) is 5.54. The van der Waals surface area contributed by atoms with Crippen LogP contribution < -0.4 is 0 Å². The van der Waals surface area contributed by atoms with Crippen LogP contribution >= 0.6 is 23.2 Å². The molecule has 0 saturated carbocycles. The van der Waals surface area contributed by atoms with Crippen molar-refractivity contribution in [2.75, 3.05) is 13.9 Å². The van der Waals surface area contributed by atoms with E-state index in [0.29, 0.717) is 0 Å². The molecule has 0 rings (SSSR count). The van der Waals surface area contributed by atoms with E-state index in [1.54, 1.807) is 6.92 Å². The molecule has 0 aliphatic carbocycles. The number of hydrogen-bond donors (Lipinski definition) is 0. The standard InChI is InChI=1S/C8H12Cl2FNO2/c1-5(11)7(9)8(10)12-6(2)14-4-13-3/h6H,4H2,1-3H3/b7-5-,12-8+. The van der Waals surface area contributed by atoms with Crippen LogP contribution in [-0.4, -0.2) is 25.3 Å². The lowest BCUT2D eigenvalue weighted by Crippen LogP contribution is -2.09. The van der Waals surface area contributed by atoms with Gasteiger partial charge in [0.2, 0.25) is 0 Å². The average molecular weight is 244 g/mol. The number of halogens is 3. The zero-order valence-corrected chi connectivity index (χ0v) is 9.69. The number of methoxy groups -OCH3 is 1. The van der Waals surface area contributed by atoms with E-state index in [0.717, 1.165) is 0 Å². The molecule has 0 bridgehead atoms. The highest BCUT2D eigenvalue weighted by molar-refractivity contribution is 6.76. The second-order valence-corrected chi connectivity index (χ2v) is 3.18. The summed E-state index contributed by atoms with van der Waals surface area (Å²) in [5.41, 5.74) is 0. The molecular weight excluding hydrogens is 232 g/mol. The number of nitrogens with zero attached hydrogens (tertiary/aromatic N) is 1. The molecule has 0 heterocycles. The van der Waals surface area contributed by atoms with Crippen LogP contribution in [0.2, 0.25) is 0 Å². The Balaban J connectivity index is 4.29. The molecule has 0 N–H and O–H groups in total. The molecule has 0 aliphatic heterocycles. The van der Waals surface area contributed by atoms with Gasteiger partial charge in [-0.25, -0.2) is 9.38 Å². The largest absolute Gasteiger partial charge is 0.359 e. The maximum atomic E-state index is 12.6. The van der Waals surface area contributed by atoms with Crippen molar-refractivity contribution in [1.29, 1.82) is 0 Å². The highest BCUT2D eigenvalue weighted by Gasteiger charge is 2.07. The lowest BCUT2D eigenvalue weighted by Gasteiger charge is -2.07. The molecule has 0 radical (unpaired) electrons. The summed E-state index contributed by atoms with van der Waals surface area (Å²) in [5, 5.41) is -0.324. The van der Waals surface area contributed by atoms with Crippen molar-refractivity contribution in [2.45, 2.75) is 20.1 Å². The molecule has 0 aliphatic rings. The monoisotopic (exact) mass is 243 g/mol. The fraction of sp³-hybridized carbons (Fsp3) is 0.625. The van der Waals surface area contributed by atoms with Gasteiger partial charge in [-0.15, -0.1) is 0 Å². The van der Waals surface area contributed by atoms with Crippen LogP contribution in [0.5, 0.6) is 0 Å². The number of hydrogen-bond acceptors (Lipinski definition) is 3. The number of ether oxygens (including phenoxy) is 2. The van der Waals surface area contributed by atoms with Gasteiger partial charge in [-0.1, -0.05) is 23.2 Å². The molecule has 14 heavy (non-hydrogen) atoms. The van der Waals surface area contributed by atoms with Crippen molar-refractivity contribution < 1.29 is 13.9 Å².